The van der Waals surface area contributed by atoms with Gasteiger partial charge in [0.15, 0.2) is 13.1 Å². The number of hydrogen-bond acceptors (Lipinski definition) is 16. The van der Waals surface area contributed by atoms with E-state index in [1.54, 1.807) is 24.3 Å². The first kappa shape index (κ1) is 77.0. The van der Waals surface area contributed by atoms with Gasteiger partial charge in [-0.25, -0.2) is 9.59 Å². The van der Waals surface area contributed by atoms with Crippen LogP contribution in [0.1, 0.15) is 136 Å². The number of esters is 2. The molecule has 0 saturated carbocycles. The van der Waals surface area contributed by atoms with E-state index in [2.05, 4.69) is 56.7 Å². The number of carbonyl (C=O) groups excluding carboxylic acids is 2. The number of ether oxygens (including phenoxy) is 6. The minimum atomic E-state index is -1.03. The summed E-state index contributed by atoms with van der Waals surface area (Å²) in [5.41, 5.74) is 8.15. The van der Waals surface area contributed by atoms with E-state index in [9.17, 15) is 49.8 Å². The number of halogens is 3. The molecule has 0 aromatic heterocycles. The van der Waals surface area contributed by atoms with Crippen LogP contribution in [-0.4, -0.2) is 144 Å². The minimum Gasteiger partial charge on any atom is -1.00 e. The van der Waals surface area contributed by atoms with Gasteiger partial charge in [0.2, 0.25) is 11.6 Å². The Bertz CT molecular complexity index is 2720. The maximum atomic E-state index is 13.2. The third kappa shape index (κ3) is 25.6. The van der Waals surface area contributed by atoms with Crippen LogP contribution in [0.15, 0.2) is 48.5 Å². The number of rotatable bonds is 24. The van der Waals surface area contributed by atoms with Gasteiger partial charge < -0.3 is 93.7 Å². The van der Waals surface area contributed by atoms with E-state index >= 15 is 0 Å². The van der Waals surface area contributed by atoms with Crippen molar-refractivity contribution in [1.82, 2.24) is 9.80 Å². The summed E-state index contributed by atoms with van der Waals surface area (Å²) in [4.78, 5) is 56.6. The highest BCUT2D eigenvalue weighted by molar-refractivity contribution is 14.1. The summed E-state index contributed by atoms with van der Waals surface area (Å²) in [7, 11) is 0. The zero-order valence-corrected chi connectivity index (χ0v) is 56.4. The normalized spacial score (nSPS) is 14.6. The standard InChI is InChI=1S/C38H56N2O8.C24H32N2O8.CH3I.2ClH/c1-25-15-27(33-29(17-25)23-43-37(9,10)47-33)19-39(21-31(41)45-35(3,4)5)13-14-40(22-32(42)46-36(6,7)8)20-28-16-26(2)18-30-24-44-38(11,12)48-34(28)30;1-15-5-17(23(33)19(7-15)13-27)9-25(11-21(29)30)3-4-26(12-22(31)32)10-18-6-16(2)8-20(14-28)24(18)34;1-2;;/h15-18H,13-14,19-24H2,1-12H3;5-8,27-28,33-34H,3-4,9-14H2,1-2H3,(H,29,30)(H,31,32);1H3;2*1H. The first-order chi connectivity index (χ1) is 39.1. The summed E-state index contributed by atoms with van der Waals surface area (Å²) in [6.07, 6.45) is 0. The maximum absolute atomic E-state index is 13.2. The number of benzene rings is 4. The number of alkyl halides is 1. The molecule has 20 nitrogen and oxygen atoms in total. The van der Waals surface area contributed by atoms with Crippen molar-refractivity contribution in [2.75, 3.05) is 57.3 Å². The molecule has 4 aromatic rings. The molecule has 0 bridgehead atoms. The third-order valence-corrected chi connectivity index (χ3v) is 13.4. The van der Waals surface area contributed by atoms with Crippen molar-refractivity contribution < 1.29 is 113 Å². The molecule has 6 rings (SSSR count). The summed E-state index contributed by atoms with van der Waals surface area (Å²) in [6, 6.07) is 15.1. The average Bonchev–Trinajstić information content (AvgIpc) is 0.963. The molecule has 4 aromatic carbocycles. The predicted molar refractivity (Wildman–Crippen MR) is 325 cm³/mol. The number of fused-ring (bicyclic) bond motifs is 2. The van der Waals surface area contributed by atoms with E-state index in [0.29, 0.717) is 71.4 Å². The molecule has 23 heteroatoms. The van der Waals surface area contributed by atoms with E-state index in [1.165, 1.54) is 0 Å². The van der Waals surface area contributed by atoms with E-state index in [-0.39, 0.29) is 114 Å². The van der Waals surface area contributed by atoms with Crippen LogP contribution in [0.25, 0.3) is 0 Å². The topological polar surface area (TPSA) is 260 Å². The molecule has 0 saturated heterocycles. The number of nitrogens with zero attached hydrogens (tertiary/aromatic N) is 2. The summed E-state index contributed by atoms with van der Waals surface area (Å²) in [5.74, 6) is -2.85. The van der Waals surface area contributed by atoms with Crippen LogP contribution >= 0.6 is 22.6 Å². The van der Waals surface area contributed by atoms with Crippen molar-refractivity contribution in [3.8, 4) is 23.0 Å². The number of quaternary nitrogens is 2. The molecule has 0 aliphatic carbocycles. The Morgan fingerprint density at radius 2 is 0.849 bits per heavy atom. The zero-order chi connectivity index (χ0) is 63.1. The largest absolute Gasteiger partial charge is 1.00 e. The van der Waals surface area contributed by atoms with Gasteiger partial charge in [0.05, 0.1) is 39.5 Å². The Kier molecular flexibility index (Phi) is 30.5. The van der Waals surface area contributed by atoms with Gasteiger partial charge in [-0.1, -0.05) is 81.2 Å². The highest BCUT2D eigenvalue weighted by atomic mass is 127. The number of nitrogens with one attached hydrogen (secondary N) is 2. The van der Waals surface area contributed by atoms with Gasteiger partial charge in [-0.3, -0.25) is 19.4 Å². The van der Waals surface area contributed by atoms with Crippen molar-refractivity contribution in [3.05, 3.63) is 115 Å². The quantitative estimate of drug-likeness (QED) is 0.0261. The number of carboxylic acid groups (broad SMARTS) is 2. The van der Waals surface area contributed by atoms with E-state index in [1.807, 2.05) is 102 Å². The number of aryl methyl sites for hydroxylation is 4. The second kappa shape index (κ2) is 34.1. The number of carbonyl (C=O) groups is 4. The van der Waals surface area contributed by atoms with Crippen molar-refractivity contribution in [1.29, 1.82) is 0 Å². The molecule has 8 N–H and O–H groups in total. The van der Waals surface area contributed by atoms with Crippen LogP contribution in [0.3, 0.4) is 0 Å². The Morgan fingerprint density at radius 1 is 0.547 bits per heavy atom. The summed E-state index contributed by atoms with van der Waals surface area (Å²) in [6.45, 7) is 29.0. The lowest BCUT2D eigenvalue weighted by atomic mass is 10.0. The fraction of sp³-hybridized carbons (Fsp3) is 0.556. The Hall–Kier alpha value is -5.05. The van der Waals surface area contributed by atoms with Crippen molar-refractivity contribution in [2.24, 2.45) is 0 Å². The van der Waals surface area contributed by atoms with Gasteiger partial charge in [0.25, 0.3) is 0 Å². The van der Waals surface area contributed by atoms with Gasteiger partial charge in [0.1, 0.15) is 60.4 Å². The van der Waals surface area contributed by atoms with Crippen LogP contribution in [0.4, 0.5) is 0 Å². The average molecular weight is 1360 g/mol. The van der Waals surface area contributed by atoms with Crippen LogP contribution in [0.5, 0.6) is 23.0 Å². The lowest BCUT2D eigenvalue weighted by Crippen LogP contribution is -3.20. The van der Waals surface area contributed by atoms with Gasteiger partial charge in [-0.15, -0.1) is 0 Å². The second-order valence-electron chi connectivity index (χ2n) is 24.7. The van der Waals surface area contributed by atoms with Gasteiger partial charge >= 0.3 is 23.9 Å². The van der Waals surface area contributed by atoms with Gasteiger partial charge in [-0.2, -0.15) is 0 Å². The molecule has 2 heterocycles. The van der Waals surface area contributed by atoms with Crippen LogP contribution in [0, 0.1) is 27.7 Å². The van der Waals surface area contributed by atoms with Crippen molar-refractivity contribution in [3.63, 3.8) is 0 Å². The van der Waals surface area contributed by atoms with Crippen molar-refractivity contribution in [2.45, 2.75) is 172 Å². The third-order valence-electron chi connectivity index (χ3n) is 13.4. The Labute approximate surface area is 534 Å². The molecule has 0 fully saturated rings. The second-order valence-corrected chi connectivity index (χ2v) is 24.7. The lowest BCUT2D eigenvalue weighted by molar-refractivity contribution is -0.964. The molecule has 2 atom stereocenters. The van der Waals surface area contributed by atoms with Crippen molar-refractivity contribution >= 4 is 46.5 Å². The minimum absolute atomic E-state index is 0. The number of hydrogen-bond donors (Lipinski definition) is 8. The molecule has 2 unspecified atom stereocenters. The number of aliphatic carboxylic acids is 2. The number of aromatic hydroxyl groups is 2. The SMILES string of the molecule is CI.Cc1cc(CO)c(O)c(C[NH+](CC[NH+](CC(=O)O)Cc2cc(C)cc(CO)c2O)CC(=O)O)c1.Cc1cc2c(c(CN(CCN(CC(=O)OC(C)(C)C)Cc3cc(C)cc4c3OC(C)(C)OC4)CC(=O)OC(C)(C)C)c1)OC(C)(C)OC2.[Cl-].[Cl-]. The monoisotopic (exact) mass is 1360 g/mol. The van der Waals surface area contributed by atoms with Gasteiger partial charge in [-0.05, 0) is 86.3 Å². The Balaban J connectivity index is 0.000000588. The predicted octanol–water partition coefficient (Wildman–Crippen LogP) is -0.0211. The Morgan fingerprint density at radius 3 is 1.15 bits per heavy atom. The maximum Gasteiger partial charge on any atom is 0.359 e. The molecular weight excluding hydrogens is 1270 g/mol. The molecule has 0 amide bonds. The smallest absolute Gasteiger partial charge is 0.359 e. The number of carboxylic acids is 2. The summed E-state index contributed by atoms with van der Waals surface area (Å²) in [5, 5.41) is 58.6. The van der Waals surface area contributed by atoms with Crippen LogP contribution in [0.2, 0.25) is 0 Å². The first-order valence-corrected chi connectivity index (χ1v) is 30.4. The fourth-order valence-corrected chi connectivity index (χ4v) is 10.1. The summed E-state index contributed by atoms with van der Waals surface area (Å²) < 4.78 is 36.0. The lowest BCUT2D eigenvalue weighted by Gasteiger charge is -2.36. The van der Waals surface area contributed by atoms with E-state index < -0.39 is 34.7 Å². The van der Waals surface area contributed by atoms with Crippen LogP contribution < -0.4 is 44.1 Å². The number of aliphatic hydroxyl groups is 2. The molecular formula is C63H93Cl2IN4O16. The fourth-order valence-electron chi connectivity index (χ4n) is 10.1. The van der Waals surface area contributed by atoms with E-state index in [0.717, 1.165) is 56.0 Å². The summed E-state index contributed by atoms with van der Waals surface area (Å²) >= 11 is 2.15. The molecule has 86 heavy (non-hydrogen) atoms. The number of phenols is 2. The molecule has 2 aliphatic heterocycles. The number of aliphatic hydroxyl groups excluding tert-OH is 2. The zero-order valence-electron chi connectivity index (χ0n) is 52.7. The molecule has 0 radical (unpaired) electrons. The first-order valence-electron chi connectivity index (χ1n) is 28.2. The van der Waals surface area contributed by atoms with Crippen LogP contribution in [-0.2, 0) is 90.7 Å². The molecule has 2 aliphatic rings. The molecule has 482 valence electrons. The van der Waals surface area contributed by atoms with Gasteiger partial charge in [0, 0.05) is 98.4 Å². The highest BCUT2D eigenvalue weighted by Gasteiger charge is 2.33. The molecule has 0 spiro atoms. The van der Waals surface area contributed by atoms with E-state index in [4.69, 9.17) is 28.4 Å². The highest BCUT2D eigenvalue weighted by Crippen LogP contribution is 2.38.